The van der Waals surface area contributed by atoms with Crippen LogP contribution in [0.3, 0.4) is 0 Å². The average molecular weight is 276 g/mol. The van der Waals surface area contributed by atoms with Crippen LogP contribution in [0.4, 0.5) is 0 Å². The van der Waals surface area contributed by atoms with Gasteiger partial charge in [-0.1, -0.05) is 11.6 Å². The quantitative estimate of drug-likeness (QED) is 0.649. The third kappa shape index (κ3) is 2.83. The van der Waals surface area contributed by atoms with E-state index in [0.29, 0.717) is 0 Å². The van der Waals surface area contributed by atoms with Gasteiger partial charge in [0, 0.05) is 18.6 Å². The van der Waals surface area contributed by atoms with Crippen LogP contribution in [0.25, 0.3) is 0 Å². The van der Waals surface area contributed by atoms with Crippen molar-refractivity contribution in [1.82, 2.24) is 0 Å². The zero-order valence-corrected chi connectivity index (χ0v) is 12.7. The molecule has 0 fully saturated rings. The molecule has 0 radical (unpaired) electrons. The van der Waals surface area contributed by atoms with Gasteiger partial charge in [0.15, 0.2) is 0 Å². The molecule has 2 N–H and O–H groups in total. The fraction of sp³-hybridized carbons (Fsp3) is 0.529. The molecule has 3 nitrogen and oxygen atoms in total. The number of rotatable bonds is 3. The zero-order chi connectivity index (χ0) is 14.9. The van der Waals surface area contributed by atoms with Gasteiger partial charge in [-0.25, -0.2) is 0 Å². The number of phenolic OH excluding ortho intramolecular Hbond substituents is 2. The maximum Gasteiger partial charge on any atom is 0.119 e. The van der Waals surface area contributed by atoms with Gasteiger partial charge in [-0.3, -0.25) is 0 Å². The van der Waals surface area contributed by atoms with E-state index in [1.165, 1.54) is 11.6 Å². The molecular weight excluding hydrogens is 252 g/mol. The van der Waals surface area contributed by atoms with Crippen molar-refractivity contribution in [3.05, 3.63) is 35.4 Å². The molecule has 1 aromatic rings. The first-order valence-corrected chi connectivity index (χ1v) is 7.09. The second-order valence-electron chi connectivity index (χ2n) is 6.23. The van der Waals surface area contributed by atoms with Crippen LogP contribution in [-0.2, 0) is 4.74 Å². The molecule has 0 saturated heterocycles. The Labute approximate surface area is 120 Å². The van der Waals surface area contributed by atoms with Crippen molar-refractivity contribution in [2.45, 2.75) is 45.1 Å². The van der Waals surface area contributed by atoms with Crippen LogP contribution in [0.15, 0.2) is 29.8 Å². The lowest BCUT2D eigenvalue weighted by Gasteiger charge is -2.40. The van der Waals surface area contributed by atoms with Crippen molar-refractivity contribution in [3.63, 3.8) is 0 Å². The molecule has 1 aliphatic rings. The van der Waals surface area contributed by atoms with E-state index in [1.807, 2.05) is 0 Å². The summed E-state index contributed by atoms with van der Waals surface area (Å²) in [6.07, 6.45) is 4.26. The van der Waals surface area contributed by atoms with Crippen LogP contribution in [0, 0.1) is 5.92 Å². The Morgan fingerprint density at radius 1 is 1.25 bits per heavy atom. The Hall–Kier alpha value is -1.48. The highest BCUT2D eigenvalue weighted by Gasteiger charge is 2.38. The largest absolute Gasteiger partial charge is 0.508 e. The number of methoxy groups -OCH3 is 1. The van der Waals surface area contributed by atoms with Crippen LogP contribution in [0.5, 0.6) is 11.5 Å². The van der Waals surface area contributed by atoms with Crippen molar-refractivity contribution in [2.24, 2.45) is 5.92 Å². The van der Waals surface area contributed by atoms with E-state index in [9.17, 15) is 10.2 Å². The molecule has 0 unspecified atom stereocenters. The first-order valence-electron chi connectivity index (χ1n) is 7.09. The van der Waals surface area contributed by atoms with E-state index in [2.05, 4.69) is 26.8 Å². The molecule has 0 amide bonds. The van der Waals surface area contributed by atoms with Gasteiger partial charge in [0.05, 0.1) is 5.60 Å². The normalized spacial score (nSPS) is 23.5. The SMILES string of the molecule is COC(C)(C)[C@@H]1CCC(C)=C[C@@H]1c1cc(O)ccc1O. The van der Waals surface area contributed by atoms with Crippen molar-refractivity contribution in [2.75, 3.05) is 7.11 Å². The van der Waals surface area contributed by atoms with E-state index in [0.717, 1.165) is 18.4 Å². The maximum atomic E-state index is 10.1. The van der Waals surface area contributed by atoms with Crippen LogP contribution >= 0.6 is 0 Å². The van der Waals surface area contributed by atoms with Gasteiger partial charge in [0.25, 0.3) is 0 Å². The van der Waals surface area contributed by atoms with Crippen molar-refractivity contribution in [1.29, 1.82) is 0 Å². The molecule has 2 atom stereocenters. The van der Waals surface area contributed by atoms with Crippen molar-refractivity contribution in [3.8, 4) is 11.5 Å². The Balaban J connectivity index is 2.48. The molecule has 20 heavy (non-hydrogen) atoms. The molecule has 2 rings (SSSR count). The summed E-state index contributed by atoms with van der Waals surface area (Å²) in [4.78, 5) is 0. The number of benzene rings is 1. The van der Waals surface area contributed by atoms with E-state index in [1.54, 1.807) is 19.2 Å². The lowest BCUT2D eigenvalue weighted by atomic mass is 9.70. The lowest BCUT2D eigenvalue weighted by Crippen LogP contribution is -2.38. The minimum Gasteiger partial charge on any atom is -0.508 e. The average Bonchev–Trinajstić information content (AvgIpc) is 2.41. The van der Waals surface area contributed by atoms with Crippen LogP contribution < -0.4 is 0 Å². The van der Waals surface area contributed by atoms with Crippen molar-refractivity contribution >= 4 is 0 Å². The van der Waals surface area contributed by atoms with E-state index in [4.69, 9.17) is 4.74 Å². The van der Waals surface area contributed by atoms with E-state index in [-0.39, 0.29) is 28.9 Å². The fourth-order valence-corrected chi connectivity index (χ4v) is 3.12. The monoisotopic (exact) mass is 276 g/mol. The third-order valence-electron chi connectivity index (χ3n) is 4.54. The molecule has 0 bridgehead atoms. The van der Waals surface area contributed by atoms with Crippen LogP contribution in [0.2, 0.25) is 0 Å². The molecule has 0 spiro atoms. The van der Waals surface area contributed by atoms with Gasteiger partial charge in [-0.2, -0.15) is 0 Å². The maximum absolute atomic E-state index is 10.1. The molecule has 1 aliphatic carbocycles. The summed E-state index contributed by atoms with van der Waals surface area (Å²) >= 11 is 0. The topological polar surface area (TPSA) is 49.7 Å². The molecular formula is C17H24O3. The number of hydrogen-bond acceptors (Lipinski definition) is 3. The van der Waals surface area contributed by atoms with Gasteiger partial charge >= 0.3 is 0 Å². The highest BCUT2D eigenvalue weighted by atomic mass is 16.5. The summed E-state index contributed by atoms with van der Waals surface area (Å²) in [6, 6.07) is 4.72. The molecule has 3 heteroatoms. The molecule has 0 saturated carbocycles. The third-order valence-corrected chi connectivity index (χ3v) is 4.54. The summed E-state index contributed by atoms with van der Waals surface area (Å²) in [7, 11) is 1.73. The van der Waals surface area contributed by atoms with Crippen LogP contribution in [0.1, 0.15) is 45.1 Å². The Morgan fingerprint density at radius 3 is 2.60 bits per heavy atom. The standard InChI is InChI=1S/C17H24O3/c1-11-5-7-15(17(2,3)20-4)13(9-11)14-10-12(18)6-8-16(14)19/h6,8-10,13,15,18-19H,5,7H2,1-4H3/t13-,15-/m1/s1. The van der Waals surface area contributed by atoms with Crippen LogP contribution in [-0.4, -0.2) is 22.9 Å². The lowest BCUT2D eigenvalue weighted by molar-refractivity contribution is -0.0375. The predicted molar refractivity (Wildman–Crippen MR) is 80.1 cm³/mol. The van der Waals surface area contributed by atoms with Crippen molar-refractivity contribution < 1.29 is 14.9 Å². The summed E-state index contributed by atoms with van der Waals surface area (Å²) in [6.45, 7) is 6.28. The second-order valence-corrected chi connectivity index (χ2v) is 6.23. The summed E-state index contributed by atoms with van der Waals surface area (Å²) < 4.78 is 5.66. The van der Waals surface area contributed by atoms with Gasteiger partial charge in [-0.05, 0) is 57.7 Å². The summed E-state index contributed by atoms with van der Waals surface area (Å²) in [5, 5.41) is 19.9. The van der Waals surface area contributed by atoms with E-state index >= 15 is 0 Å². The predicted octanol–water partition coefficient (Wildman–Crippen LogP) is 3.96. The minimum absolute atomic E-state index is 0.0609. The summed E-state index contributed by atoms with van der Waals surface area (Å²) in [5.41, 5.74) is 1.82. The smallest absolute Gasteiger partial charge is 0.119 e. The number of aromatic hydroxyl groups is 2. The first kappa shape index (κ1) is 14.9. The first-order chi connectivity index (χ1) is 9.35. The number of hydrogen-bond donors (Lipinski definition) is 2. The number of allylic oxidation sites excluding steroid dienone is 2. The van der Waals surface area contributed by atoms with Gasteiger partial charge < -0.3 is 14.9 Å². The molecule has 0 aliphatic heterocycles. The number of ether oxygens (including phenoxy) is 1. The zero-order valence-electron chi connectivity index (χ0n) is 12.7. The van der Waals surface area contributed by atoms with E-state index < -0.39 is 0 Å². The summed E-state index contributed by atoms with van der Waals surface area (Å²) in [5.74, 6) is 0.744. The highest BCUT2D eigenvalue weighted by Crippen LogP contribution is 2.46. The Kier molecular flexibility index (Phi) is 4.09. The molecule has 0 heterocycles. The Bertz CT molecular complexity index is 517. The number of phenols is 2. The highest BCUT2D eigenvalue weighted by molar-refractivity contribution is 5.44. The van der Waals surface area contributed by atoms with Gasteiger partial charge in [0.1, 0.15) is 11.5 Å². The van der Waals surface area contributed by atoms with Gasteiger partial charge in [-0.15, -0.1) is 0 Å². The van der Waals surface area contributed by atoms with Gasteiger partial charge in [0.2, 0.25) is 0 Å². The molecule has 110 valence electrons. The fourth-order valence-electron chi connectivity index (χ4n) is 3.12. The molecule has 1 aromatic carbocycles. The Morgan fingerprint density at radius 2 is 1.95 bits per heavy atom. The second kappa shape index (κ2) is 5.49. The molecule has 0 aromatic heterocycles. The minimum atomic E-state index is -0.278.